The van der Waals surface area contributed by atoms with Crippen LogP contribution in [-0.4, -0.2) is 212 Å². The minimum absolute atomic E-state index is 0.0184. The largest absolute Gasteiger partial charge is 0.508 e. The second kappa shape index (κ2) is 40.5. The molecule has 1 aliphatic carbocycles. The summed E-state index contributed by atoms with van der Waals surface area (Å²) in [7, 11) is 0. The predicted octanol–water partition coefficient (Wildman–Crippen LogP) is -1.33. The third kappa shape index (κ3) is 23.8. The number of imide groups is 1. The number of amides is 13. The number of carbonyl (C=O) groups is 16. The number of primary amides is 1. The van der Waals surface area contributed by atoms with E-state index in [0.717, 1.165) is 0 Å². The number of aliphatic hydroxyl groups excluding tert-OH is 1. The van der Waals surface area contributed by atoms with Crippen LogP contribution in [0.2, 0.25) is 0 Å². The Bertz CT molecular complexity index is 4090. The second-order valence-electron chi connectivity index (χ2n) is 27.1. The summed E-state index contributed by atoms with van der Waals surface area (Å²) in [6, 6.07) is -2.50. The monoisotopic (exact) mass is 1520 g/mol. The van der Waals surface area contributed by atoms with Gasteiger partial charge in [-0.15, -0.1) is 5.06 Å². The highest BCUT2D eigenvalue weighted by molar-refractivity contribution is 6.15. The summed E-state index contributed by atoms with van der Waals surface area (Å²) in [4.78, 5) is 234. The first kappa shape index (κ1) is 86.4. The molecule has 4 aliphatic rings. The van der Waals surface area contributed by atoms with Crippen LogP contribution in [0.3, 0.4) is 0 Å². The van der Waals surface area contributed by atoms with Crippen LogP contribution in [0.15, 0.2) is 63.8 Å². The number of carboxylic acids is 2. The van der Waals surface area contributed by atoms with Crippen molar-refractivity contribution >= 4 is 106 Å². The van der Waals surface area contributed by atoms with E-state index in [1.54, 1.807) is 27.7 Å². The van der Waals surface area contributed by atoms with Gasteiger partial charge in [0, 0.05) is 67.4 Å². The van der Waals surface area contributed by atoms with Gasteiger partial charge in [0.1, 0.15) is 71.5 Å². The number of unbranched alkanes of at least 4 members (excludes halogenated alkanes) is 2. The Morgan fingerprint density at radius 3 is 1.83 bits per heavy atom. The highest BCUT2D eigenvalue weighted by atomic mass is 16.7. The first-order valence-electron chi connectivity index (χ1n) is 35.8. The zero-order valence-corrected chi connectivity index (χ0v) is 61.2. The van der Waals surface area contributed by atoms with E-state index in [0.29, 0.717) is 18.2 Å². The molecule has 37 nitrogen and oxygen atoms in total. The van der Waals surface area contributed by atoms with E-state index in [4.69, 9.17) is 26.5 Å². The standard InChI is InChI=1S/C72H96N14O23/c1-7-36(4)60(84-67(101)50-18-13-31-85(50)70(104)59(35(2)3)83-61(95)37(5)74)69(103)77-38(6)62(96)78-46(23-25-53(75)90)64(98)79-45(16-8-10-29-73)63(97)82-49(34-87)66(100)80-47(24-28-56(93)94)65(99)81-48(71(105)106)17-9-11-30-76-68(102)58-43(14-12-15-44(58)72(107)109-86-54(91)26-27-55(86)92)57-41-21-19-39(88)32-51(41)108-52-33-40(89)20-22-42(52)57/h12,14-15,19-22,32-33,35-38,45-50,59-60,87-88H,7-11,13,16-18,23-31,34,73-74H2,1-6H3,(H2,75,90)(H,76,102)(H,77,103)(H,78,96)(H,79,98)(H,80,100)(H,81,99)(H,82,97)(H,83,95)(H,84,101)(H,93,94)(H,105,106)/t36-,37-,38-,45-,46-,47-,48-,49-,50-,59-,60-/m0/s1. The van der Waals surface area contributed by atoms with Crippen LogP contribution in [0.5, 0.6) is 5.75 Å². The van der Waals surface area contributed by atoms with Gasteiger partial charge in [0.25, 0.3) is 17.7 Å². The first-order chi connectivity index (χ1) is 51.6. The molecule has 2 aromatic carbocycles. The molecule has 3 aliphatic heterocycles. The molecule has 13 amide bonds. The first-order valence-corrected chi connectivity index (χ1v) is 35.8. The maximum absolute atomic E-state index is 14.5. The van der Waals surface area contributed by atoms with Crippen LogP contribution in [0.1, 0.15) is 159 Å². The lowest BCUT2D eigenvalue weighted by Crippen LogP contribution is -2.61. The molecule has 11 atom stereocenters. The van der Waals surface area contributed by atoms with E-state index in [2.05, 4.69) is 47.9 Å². The highest BCUT2D eigenvalue weighted by Gasteiger charge is 2.42. The molecule has 0 radical (unpaired) electrons. The number of hydroxylamine groups is 2. The molecule has 0 bridgehead atoms. The minimum Gasteiger partial charge on any atom is -0.508 e. The number of carbonyl (C=O) groups excluding carboxylic acids is 14. The lowest BCUT2D eigenvalue weighted by molar-refractivity contribution is -0.172. The Labute approximate surface area is 625 Å². The van der Waals surface area contributed by atoms with Crippen LogP contribution in [0.25, 0.3) is 33.4 Å². The number of hydrogen-bond donors (Lipinski definition) is 16. The maximum atomic E-state index is 14.5. The van der Waals surface area contributed by atoms with Crippen molar-refractivity contribution in [2.24, 2.45) is 29.0 Å². The van der Waals surface area contributed by atoms with Crippen molar-refractivity contribution in [1.82, 2.24) is 57.8 Å². The van der Waals surface area contributed by atoms with Crippen LogP contribution < -0.4 is 70.5 Å². The van der Waals surface area contributed by atoms with Gasteiger partial charge in [0.2, 0.25) is 59.1 Å². The number of rotatable bonds is 41. The van der Waals surface area contributed by atoms with Gasteiger partial charge in [-0.25, -0.2) is 9.59 Å². The summed E-state index contributed by atoms with van der Waals surface area (Å²) >= 11 is 0. The van der Waals surface area contributed by atoms with E-state index in [1.165, 1.54) is 73.3 Å². The molecule has 0 aromatic heterocycles. The zero-order valence-electron chi connectivity index (χ0n) is 61.2. The Balaban J connectivity index is 1.11. The molecule has 0 saturated carbocycles. The summed E-state index contributed by atoms with van der Waals surface area (Å²) in [6.07, 6.45) is -2.08. The Kier molecular flexibility index (Phi) is 32.1. The Morgan fingerprint density at radius 2 is 1.24 bits per heavy atom. The number of phenolic OH excluding ortho intramolecular Hbond substituents is 1. The van der Waals surface area contributed by atoms with Gasteiger partial charge in [0.05, 0.1) is 23.8 Å². The van der Waals surface area contributed by atoms with Crippen molar-refractivity contribution in [3.05, 3.63) is 75.9 Å². The molecule has 2 saturated heterocycles. The molecular formula is C72H96N14O23. The number of aliphatic hydroxyl groups is 1. The topological polar surface area (TPSA) is 586 Å². The minimum atomic E-state index is -1.95. The molecule has 0 spiro atoms. The lowest BCUT2D eigenvalue weighted by atomic mass is 9.88. The number of aliphatic carboxylic acids is 2. The van der Waals surface area contributed by atoms with E-state index in [-0.39, 0.29) is 128 Å². The molecule has 19 N–H and O–H groups in total. The summed E-state index contributed by atoms with van der Waals surface area (Å²) in [5, 5.41) is 63.6. The third-order valence-corrected chi connectivity index (χ3v) is 18.5. The van der Waals surface area contributed by atoms with Crippen LogP contribution >= 0.6 is 0 Å². The number of carboxylic acid groups (broad SMARTS) is 2. The van der Waals surface area contributed by atoms with Crippen molar-refractivity contribution in [3.63, 3.8) is 0 Å². The highest BCUT2D eigenvalue weighted by Crippen LogP contribution is 2.43. The van der Waals surface area contributed by atoms with Gasteiger partial charge in [-0.3, -0.25) is 71.9 Å². The van der Waals surface area contributed by atoms with Crippen molar-refractivity contribution in [1.29, 1.82) is 0 Å². The van der Waals surface area contributed by atoms with Gasteiger partial charge in [0.15, 0.2) is 5.43 Å². The summed E-state index contributed by atoms with van der Waals surface area (Å²) in [6.45, 7) is 8.44. The fourth-order valence-electron chi connectivity index (χ4n) is 12.2. The number of benzene rings is 3. The number of likely N-dealkylation sites (tertiary alicyclic amines) is 1. The molecular weight excluding hydrogens is 1430 g/mol. The van der Waals surface area contributed by atoms with Gasteiger partial charge in [-0.1, -0.05) is 46.2 Å². The third-order valence-electron chi connectivity index (χ3n) is 18.5. The SMILES string of the molecule is CC[C@H](C)[C@H](NC(=O)[C@@H]1CCCN1C(=O)[C@@H](NC(=O)[C@H](C)N)C(C)C)C(=O)N[C@@H](C)C(=O)N[C@@H](CCC(N)=O)C(=O)N[C@@H](CCCCN)C(=O)N[C@@H](CO)C(=O)N[C@@H](CCC(=O)O)C(=O)N[C@@H](CCCCNC(=O)c1c(C(=O)ON2C(=O)CCC2=O)cccc1-c1c2ccc(=O)cc-2oc2cc(O)ccc12)C(=O)O. The Morgan fingerprint density at radius 1 is 0.642 bits per heavy atom. The fraction of sp³-hybridized carbons (Fsp3) is 0.514. The van der Waals surface area contributed by atoms with Crippen molar-refractivity contribution in [2.75, 3.05) is 26.2 Å². The average molecular weight is 1530 g/mol. The number of nitrogens with two attached hydrogens (primary N) is 3. The summed E-state index contributed by atoms with van der Waals surface area (Å²) in [5.74, 6) is -17.2. The molecule has 6 rings (SSSR count). The van der Waals surface area contributed by atoms with Crippen LogP contribution in [0, 0.1) is 11.8 Å². The number of hydrogen-bond acceptors (Lipinski definition) is 23. The molecule has 0 unspecified atom stereocenters. The smallest absolute Gasteiger partial charge is 0.364 e. The number of phenols is 1. The van der Waals surface area contributed by atoms with Crippen molar-refractivity contribution < 1.29 is 106 Å². The number of nitrogens with one attached hydrogen (secondary N) is 9. The number of aromatic hydroxyl groups is 1. The second-order valence-corrected chi connectivity index (χ2v) is 27.1. The molecule has 592 valence electrons. The predicted molar refractivity (Wildman–Crippen MR) is 386 cm³/mol. The fourth-order valence-corrected chi connectivity index (χ4v) is 12.2. The average Bonchev–Trinajstić information content (AvgIpc) is 1.22. The summed E-state index contributed by atoms with van der Waals surface area (Å²) < 4.78 is 5.97. The zero-order chi connectivity index (χ0) is 80.7. The van der Waals surface area contributed by atoms with Gasteiger partial charge < -0.3 is 99.6 Å². The van der Waals surface area contributed by atoms with E-state index >= 15 is 0 Å². The van der Waals surface area contributed by atoms with Gasteiger partial charge in [-0.05, 0) is 132 Å². The normalized spacial score (nSPS) is 16.2. The van der Waals surface area contributed by atoms with E-state index < -0.39 is 204 Å². The van der Waals surface area contributed by atoms with E-state index in [9.17, 15) is 102 Å². The number of fused-ring (bicyclic) bond motifs is 2. The van der Waals surface area contributed by atoms with Crippen molar-refractivity contribution in [3.8, 4) is 28.2 Å². The molecule has 2 aromatic rings. The lowest BCUT2D eigenvalue weighted by Gasteiger charge is -2.32. The van der Waals surface area contributed by atoms with E-state index in [1.807, 2.05) is 0 Å². The quantitative estimate of drug-likeness (QED) is 0.0139. The maximum Gasteiger partial charge on any atom is 0.364 e. The molecule has 3 heterocycles. The van der Waals surface area contributed by atoms with Gasteiger partial charge in [-0.2, -0.15) is 0 Å². The van der Waals surface area contributed by atoms with Gasteiger partial charge >= 0.3 is 17.9 Å². The van der Waals surface area contributed by atoms with Crippen LogP contribution in [-0.2, 0) is 72.0 Å². The van der Waals surface area contributed by atoms with Crippen molar-refractivity contribution in [2.45, 2.75) is 198 Å². The molecule has 37 heteroatoms. The molecule has 2 fully saturated rings. The number of nitrogens with zero attached hydrogens (tertiary/aromatic N) is 2. The molecule has 109 heavy (non-hydrogen) atoms. The Hall–Kier alpha value is -11.5. The van der Waals surface area contributed by atoms with Crippen LogP contribution in [0.4, 0.5) is 0 Å². The summed E-state index contributed by atoms with van der Waals surface area (Å²) in [5.41, 5.74) is 16.3.